The molecule has 6 heteroatoms. The van der Waals surface area contributed by atoms with E-state index in [0.29, 0.717) is 10.2 Å². The predicted octanol–water partition coefficient (Wildman–Crippen LogP) is 2.91. The van der Waals surface area contributed by atoms with Crippen molar-refractivity contribution in [3.63, 3.8) is 0 Å². The minimum atomic E-state index is -1.09. The van der Waals surface area contributed by atoms with Gasteiger partial charge < -0.3 is 16.2 Å². The highest BCUT2D eigenvalue weighted by atomic mass is 79.9. The number of benzene rings is 2. The zero-order valence-corrected chi connectivity index (χ0v) is 12.6. The van der Waals surface area contributed by atoms with Crippen LogP contribution in [-0.2, 0) is 11.2 Å². The molecule has 0 atom stereocenters. The number of carbonyl (C=O) groups is 2. The lowest BCUT2D eigenvalue weighted by atomic mass is 10.1. The first-order chi connectivity index (χ1) is 9.95. The molecule has 5 nitrogen and oxygen atoms in total. The van der Waals surface area contributed by atoms with E-state index in [9.17, 15) is 9.59 Å². The molecule has 0 spiro atoms. The molecule has 0 fully saturated rings. The lowest BCUT2D eigenvalue weighted by Gasteiger charge is -2.09. The summed E-state index contributed by atoms with van der Waals surface area (Å²) in [7, 11) is 0. The van der Waals surface area contributed by atoms with Crippen molar-refractivity contribution in [3.05, 3.63) is 58.1 Å². The summed E-state index contributed by atoms with van der Waals surface area (Å²) < 4.78 is 0.690. The van der Waals surface area contributed by atoms with Crippen LogP contribution in [0.3, 0.4) is 0 Å². The van der Waals surface area contributed by atoms with E-state index in [2.05, 4.69) is 21.2 Å². The summed E-state index contributed by atoms with van der Waals surface area (Å²) in [5.41, 5.74) is 7.31. The summed E-state index contributed by atoms with van der Waals surface area (Å²) in [5.74, 6) is -1.38. The second kappa shape index (κ2) is 6.41. The van der Waals surface area contributed by atoms with Crippen LogP contribution in [0.5, 0.6) is 0 Å². The van der Waals surface area contributed by atoms with Gasteiger partial charge in [-0.15, -0.1) is 0 Å². The molecule has 2 rings (SSSR count). The number of nitrogen functional groups attached to an aromatic ring is 1. The largest absolute Gasteiger partial charge is 0.478 e. The Morgan fingerprint density at radius 2 is 1.81 bits per heavy atom. The molecular weight excluding hydrogens is 336 g/mol. The van der Waals surface area contributed by atoms with Crippen LogP contribution in [0.15, 0.2) is 46.9 Å². The van der Waals surface area contributed by atoms with E-state index in [-0.39, 0.29) is 23.6 Å². The van der Waals surface area contributed by atoms with Crippen LogP contribution >= 0.6 is 15.9 Å². The number of carbonyl (C=O) groups excluding carboxylic acids is 1. The summed E-state index contributed by atoms with van der Waals surface area (Å²) in [4.78, 5) is 23.1. The molecule has 0 unspecified atom stereocenters. The van der Waals surface area contributed by atoms with Crippen molar-refractivity contribution in [2.75, 3.05) is 11.1 Å². The van der Waals surface area contributed by atoms with Gasteiger partial charge in [-0.2, -0.15) is 0 Å². The fourth-order valence-electron chi connectivity index (χ4n) is 1.82. The van der Waals surface area contributed by atoms with Crippen molar-refractivity contribution >= 4 is 39.2 Å². The van der Waals surface area contributed by atoms with Gasteiger partial charge in [0.2, 0.25) is 5.91 Å². The van der Waals surface area contributed by atoms with Crippen LogP contribution in [0, 0.1) is 0 Å². The highest BCUT2D eigenvalue weighted by molar-refractivity contribution is 9.10. The molecule has 0 saturated heterocycles. The van der Waals surface area contributed by atoms with Crippen LogP contribution in [0.1, 0.15) is 15.9 Å². The summed E-state index contributed by atoms with van der Waals surface area (Å²) in [6.07, 6.45) is 0.145. The van der Waals surface area contributed by atoms with Crippen LogP contribution in [0.25, 0.3) is 0 Å². The third kappa shape index (κ3) is 4.06. The van der Waals surface area contributed by atoms with E-state index in [1.807, 2.05) is 0 Å². The average molecular weight is 349 g/mol. The van der Waals surface area contributed by atoms with E-state index in [0.717, 1.165) is 5.56 Å². The van der Waals surface area contributed by atoms with Gasteiger partial charge in [0, 0.05) is 10.2 Å². The minimum absolute atomic E-state index is 0.0452. The smallest absolute Gasteiger partial charge is 0.337 e. The van der Waals surface area contributed by atoms with E-state index in [1.165, 1.54) is 6.07 Å². The van der Waals surface area contributed by atoms with Crippen LogP contribution in [0.2, 0.25) is 0 Å². The molecule has 0 bridgehead atoms. The number of rotatable bonds is 4. The molecule has 21 heavy (non-hydrogen) atoms. The van der Waals surface area contributed by atoms with E-state index < -0.39 is 5.97 Å². The Hall–Kier alpha value is -2.34. The Morgan fingerprint density at radius 1 is 1.14 bits per heavy atom. The van der Waals surface area contributed by atoms with Crippen molar-refractivity contribution in [1.29, 1.82) is 0 Å². The van der Waals surface area contributed by atoms with Crippen LogP contribution in [0.4, 0.5) is 11.4 Å². The highest BCUT2D eigenvalue weighted by Gasteiger charge is 2.13. The summed E-state index contributed by atoms with van der Waals surface area (Å²) >= 11 is 3.25. The number of hydrogen-bond donors (Lipinski definition) is 3. The second-order valence-electron chi connectivity index (χ2n) is 4.46. The molecule has 0 aliphatic heterocycles. The van der Waals surface area contributed by atoms with Crippen LogP contribution in [-0.4, -0.2) is 17.0 Å². The van der Waals surface area contributed by atoms with Crippen molar-refractivity contribution in [2.24, 2.45) is 0 Å². The molecule has 0 aromatic heterocycles. The second-order valence-corrected chi connectivity index (χ2v) is 5.38. The summed E-state index contributed by atoms with van der Waals surface area (Å²) in [6, 6.07) is 11.5. The zero-order valence-electron chi connectivity index (χ0n) is 11.0. The van der Waals surface area contributed by atoms with Crippen molar-refractivity contribution in [2.45, 2.75) is 6.42 Å². The molecule has 4 N–H and O–H groups in total. The van der Waals surface area contributed by atoms with Crippen molar-refractivity contribution in [3.8, 4) is 0 Å². The molecule has 0 saturated carbocycles. The molecule has 1 amide bonds. The number of halogens is 1. The Morgan fingerprint density at radius 3 is 2.43 bits per heavy atom. The first kappa shape index (κ1) is 15.1. The number of anilines is 2. The van der Waals surface area contributed by atoms with Crippen molar-refractivity contribution < 1.29 is 14.7 Å². The predicted molar refractivity (Wildman–Crippen MR) is 84.3 cm³/mol. The summed E-state index contributed by atoms with van der Waals surface area (Å²) in [6.45, 7) is 0. The lowest BCUT2D eigenvalue weighted by Crippen LogP contribution is -2.16. The van der Waals surface area contributed by atoms with Gasteiger partial charge in [0.05, 0.1) is 17.7 Å². The fraction of sp³-hybridized carbons (Fsp3) is 0.0667. The van der Waals surface area contributed by atoms with Gasteiger partial charge in [0.25, 0.3) is 0 Å². The number of aromatic carboxylic acids is 1. The lowest BCUT2D eigenvalue weighted by molar-refractivity contribution is -0.115. The number of nitrogens with one attached hydrogen (secondary N) is 1. The normalized spacial score (nSPS) is 10.1. The number of carboxylic acid groups (broad SMARTS) is 1. The zero-order chi connectivity index (χ0) is 15.4. The van der Waals surface area contributed by atoms with Crippen LogP contribution < -0.4 is 11.1 Å². The maximum atomic E-state index is 12.0. The molecule has 0 heterocycles. The van der Waals surface area contributed by atoms with Gasteiger partial charge in [0.1, 0.15) is 0 Å². The van der Waals surface area contributed by atoms with Gasteiger partial charge in [-0.05, 0) is 35.9 Å². The molecule has 0 radical (unpaired) electrons. The van der Waals surface area contributed by atoms with Gasteiger partial charge in [-0.25, -0.2) is 4.79 Å². The van der Waals surface area contributed by atoms with Gasteiger partial charge >= 0.3 is 5.97 Å². The Bertz CT molecular complexity index is 684. The molecule has 2 aromatic rings. The minimum Gasteiger partial charge on any atom is -0.478 e. The first-order valence-corrected chi connectivity index (χ1v) is 6.92. The van der Waals surface area contributed by atoms with Gasteiger partial charge in [0.15, 0.2) is 0 Å². The van der Waals surface area contributed by atoms with Crippen molar-refractivity contribution in [1.82, 2.24) is 0 Å². The third-order valence-corrected chi connectivity index (χ3v) is 3.32. The monoisotopic (exact) mass is 348 g/mol. The highest BCUT2D eigenvalue weighted by Crippen LogP contribution is 2.22. The third-order valence-electron chi connectivity index (χ3n) is 2.83. The molecular formula is C15H13BrN2O3. The quantitative estimate of drug-likeness (QED) is 0.740. The topological polar surface area (TPSA) is 92.4 Å². The standard InChI is InChI=1S/C15H13BrN2O3/c16-10-3-6-12(15(20)21)13(8-10)18-14(19)7-9-1-4-11(17)5-2-9/h1-6,8H,7,17H2,(H,18,19)(H,20,21). The Balaban J connectivity index is 2.14. The van der Waals surface area contributed by atoms with E-state index >= 15 is 0 Å². The number of amides is 1. The Labute approximate surface area is 129 Å². The van der Waals surface area contributed by atoms with E-state index in [1.54, 1.807) is 36.4 Å². The summed E-state index contributed by atoms with van der Waals surface area (Å²) in [5, 5.41) is 11.7. The maximum absolute atomic E-state index is 12.0. The maximum Gasteiger partial charge on any atom is 0.337 e. The molecule has 108 valence electrons. The van der Waals surface area contributed by atoms with E-state index in [4.69, 9.17) is 10.8 Å². The number of carboxylic acids is 1. The fourth-order valence-corrected chi connectivity index (χ4v) is 2.18. The molecule has 0 aliphatic rings. The van der Waals surface area contributed by atoms with Gasteiger partial charge in [-0.3, -0.25) is 4.79 Å². The number of nitrogens with two attached hydrogens (primary N) is 1. The average Bonchev–Trinajstić information content (AvgIpc) is 2.41. The Kier molecular flexibility index (Phi) is 4.59. The SMILES string of the molecule is Nc1ccc(CC(=O)Nc2cc(Br)ccc2C(=O)O)cc1. The molecule has 2 aromatic carbocycles. The van der Waals surface area contributed by atoms with Gasteiger partial charge in [-0.1, -0.05) is 28.1 Å². The molecule has 0 aliphatic carbocycles. The first-order valence-electron chi connectivity index (χ1n) is 6.13. The number of hydrogen-bond acceptors (Lipinski definition) is 3.